The zero-order valence-electron chi connectivity index (χ0n) is 12.3. The van der Waals surface area contributed by atoms with Gasteiger partial charge in [0.25, 0.3) is 0 Å². The summed E-state index contributed by atoms with van der Waals surface area (Å²) in [5, 5.41) is 6.18. The van der Waals surface area contributed by atoms with Crippen molar-refractivity contribution in [2.75, 3.05) is 27.2 Å². The molecule has 2 N–H and O–H groups in total. The van der Waals surface area contributed by atoms with Gasteiger partial charge < -0.3 is 15.5 Å². The molecule has 0 saturated carbocycles. The van der Waals surface area contributed by atoms with Gasteiger partial charge in [-0.2, -0.15) is 0 Å². The Morgan fingerprint density at radius 1 is 1.35 bits per heavy atom. The third-order valence-corrected chi connectivity index (χ3v) is 3.18. The number of amides is 1. The lowest BCUT2D eigenvalue weighted by atomic mass is 10.0. The van der Waals surface area contributed by atoms with E-state index >= 15 is 0 Å². The zero-order chi connectivity index (χ0) is 13.5. The Bertz CT molecular complexity index is 227. The van der Waals surface area contributed by atoms with Crippen LogP contribution >= 0.6 is 0 Å². The van der Waals surface area contributed by atoms with Crippen LogP contribution in [0.25, 0.3) is 0 Å². The van der Waals surface area contributed by atoms with Crippen molar-refractivity contribution in [1.29, 1.82) is 0 Å². The van der Waals surface area contributed by atoms with Crippen molar-refractivity contribution in [3.8, 4) is 0 Å². The molecule has 4 heteroatoms. The largest absolute Gasteiger partial charge is 0.353 e. The summed E-state index contributed by atoms with van der Waals surface area (Å²) >= 11 is 0. The second-order valence-electron chi connectivity index (χ2n) is 5.57. The first-order chi connectivity index (χ1) is 7.79. The highest BCUT2D eigenvalue weighted by molar-refractivity contribution is 5.78. The molecule has 17 heavy (non-hydrogen) atoms. The summed E-state index contributed by atoms with van der Waals surface area (Å²) in [6.45, 7) is 9.67. The highest BCUT2D eigenvalue weighted by atomic mass is 16.1. The first-order valence-electron chi connectivity index (χ1n) is 6.47. The molecule has 0 aromatic heterocycles. The maximum absolute atomic E-state index is 11.6. The second-order valence-corrected chi connectivity index (χ2v) is 5.57. The van der Waals surface area contributed by atoms with E-state index in [1.807, 2.05) is 21.0 Å². The summed E-state index contributed by atoms with van der Waals surface area (Å²) in [7, 11) is 4.09. The maximum Gasteiger partial charge on any atom is 0.234 e. The molecule has 0 heterocycles. The van der Waals surface area contributed by atoms with Gasteiger partial charge in [-0.05, 0) is 41.3 Å². The standard InChI is InChI=1S/C13H29N3O/c1-7-8-11(2)15-12(17)9-14-10-13(3,4)16(5)6/h11,14H,7-10H2,1-6H3,(H,15,17). The van der Waals surface area contributed by atoms with E-state index in [-0.39, 0.29) is 17.5 Å². The van der Waals surface area contributed by atoms with Crippen LogP contribution < -0.4 is 10.6 Å². The first-order valence-corrected chi connectivity index (χ1v) is 6.47. The van der Waals surface area contributed by atoms with Gasteiger partial charge in [-0.25, -0.2) is 0 Å². The van der Waals surface area contributed by atoms with Crippen molar-refractivity contribution in [2.24, 2.45) is 0 Å². The molecule has 0 aliphatic heterocycles. The molecule has 1 unspecified atom stereocenters. The van der Waals surface area contributed by atoms with Crippen molar-refractivity contribution in [3.05, 3.63) is 0 Å². The van der Waals surface area contributed by atoms with Gasteiger partial charge in [-0.15, -0.1) is 0 Å². The van der Waals surface area contributed by atoms with Crippen LogP contribution in [0.2, 0.25) is 0 Å². The number of hydrogen-bond donors (Lipinski definition) is 2. The molecule has 1 amide bonds. The van der Waals surface area contributed by atoms with E-state index in [0.717, 1.165) is 19.4 Å². The Hall–Kier alpha value is -0.610. The molecular weight excluding hydrogens is 214 g/mol. The van der Waals surface area contributed by atoms with Crippen LogP contribution in [0, 0.1) is 0 Å². The highest BCUT2D eigenvalue weighted by Gasteiger charge is 2.19. The summed E-state index contributed by atoms with van der Waals surface area (Å²) in [5.74, 6) is 0.0838. The minimum absolute atomic E-state index is 0.0648. The quantitative estimate of drug-likeness (QED) is 0.674. The van der Waals surface area contributed by atoms with Gasteiger partial charge in [0.15, 0.2) is 0 Å². The number of hydrogen-bond acceptors (Lipinski definition) is 3. The fourth-order valence-corrected chi connectivity index (χ4v) is 1.47. The Labute approximate surface area is 106 Å². The van der Waals surface area contributed by atoms with Crippen molar-refractivity contribution in [2.45, 2.75) is 52.1 Å². The van der Waals surface area contributed by atoms with Gasteiger partial charge in [0, 0.05) is 18.1 Å². The van der Waals surface area contributed by atoms with E-state index in [0.29, 0.717) is 6.54 Å². The third-order valence-electron chi connectivity index (χ3n) is 3.18. The van der Waals surface area contributed by atoms with Gasteiger partial charge in [-0.3, -0.25) is 4.79 Å². The molecule has 4 nitrogen and oxygen atoms in total. The molecule has 0 radical (unpaired) electrons. The third kappa shape index (κ3) is 7.34. The van der Waals surface area contributed by atoms with E-state index in [2.05, 4.69) is 36.3 Å². The first kappa shape index (κ1) is 16.4. The Balaban J connectivity index is 3.79. The summed E-state index contributed by atoms with van der Waals surface area (Å²) in [6.07, 6.45) is 2.14. The number of nitrogens with zero attached hydrogens (tertiary/aromatic N) is 1. The Morgan fingerprint density at radius 2 is 1.94 bits per heavy atom. The van der Waals surface area contributed by atoms with E-state index in [9.17, 15) is 4.79 Å². The summed E-state index contributed by atoms with van der Waals surface area (Å²) in [6, 6.07) is 0.274. The van der Waals surface area contributed by atoms with Crippen LogP contribution in [0.4, 0.5) is 0 Å². The topological polar surface area (TPSA) is 44.4 Å². The summed E-state index contributed by atoms with van der Waals surface area (Å²) in [5.41, 5.74) is 0.0648. The number of carbonyl (C=O) groups is 1. The van der Waals surface area contributed by atoms with Crippen LogP contribution in [-0.2, 0) is 4.79 Å². The minimum atomic E-state index is 0.0648. The molecule has 0 aliphatic rings. The molecule has 0 spiro atoms. The fourth-order valence-electron chi connectivity index (χ4n) is 1.47. The molecule has 0 saturated heterocycles. The summed E-state index contributed by atoms with van der Waals surface area (Å²) < 4.78 is 0. The van der Waals surface area contributed by atoms with Crippen LogP contribution in [0.3, 0.4) is 0 Å². The molecule has 0 aromatic carbocycles. The molecule has 0 bridgehead atoms. The fraction of sp³-hybridized carbons (Fsp3) is 0.923. The lowest BCUT2D eigenvalue weighted by Crippen LogP contribution is -2.49. The number of likely N-dealkylation sites (N-methyl/N-ethyl adjacent to an activating group) is 1. The van der Waals surface area contributed by atoms with Crippen LogP contribution in [0.1, 0.15) is 40.5 Å². The van der Waals surface area contributed by atoms with E-state index < -0.39 is 0 Å². The van der Waals surface area contributed by atoms with Gasteiger partial charge in [0.2, 0.25) is 5.91 Å². The van der Waals surface area contributed by atoms with Gasteiger partial charge >= 0.3 is 0 Å². The molecule has 0 rings (SSSR count). The lowest BCUT2D eigenvalue weighted by Gasteiger charge is -2.32. The van der Waals surface area contributed by atoms with Crippen molar-refractivity contribution < 1.29 is 4.79 Å². The van der Waals surface area contributed by atoms with Crippen LogP contribution in [-0.4, -0.2) is 49.6 Å². The number of carbonyl (C=O) groups excluding carboxylic acids is 1. The van der Waals surface area contributed by atoms with E-state index in [1.165, 1.54) is 0 Å². The number of nitrogens with one attached hydrogen (secondary N) is 2. The normalized spacial score (nSPS) is 13.8. The molecule has 0 aromatic rings. The predicted octanol–water partition coefficient (Wildman–Crippen LogP) is 1.22. The average Bonchev–Trinajstić information content (AvgIpc) is 2.16. The van der Waals surface area contributed by atoms with Crippen LogP contribution in [0.15, 0.2) is 0 Å². The van der Waals surface area contributed by atoms with E-state index in [1.54, 1.807) is 0 Å². The van der Waals surface area contributed by atoms with E-state index in [4.69, 9.17) is 0 Å². The molecule has 0 aliphatic carbocycles. The Kier molecular flexibility index (Phi) is 7.39. The monoisotopic (exact) mass is 243 g/mol. The molecular formula is C13H29N3O. The van der Waals surface area contributed by atoms with Crippen LogP contribution in [0.5, 0.6) is 0 Å². The molecule has 0 fully saturated rings. The zero-order valence-corrected chi connectivity index (χ0v) is 12.3. The van der Waals surface area contributed by atoms with Gasteiger partial charge in [0.05, 0.1) is 6.54 Å². The SMILES string of the molecule is CCCC(C)NC(=O)CNCC(C)(C)N(C)C. The number of rotatable bonds is 8. The molecule has 1 atom stereocenters. The van der Waals surface area contributed by atoms with Gasteiger partial charge in [0.1, 0.15) is 0 Å². The highest BCUT2D eigenvalue weighted by Crippen LogP contribution is 2.07. The van der Waals surface area contributed by atoms with Crippen molar-refractivity contribution in [1.82, 2.24) is 15.5 Å². The van der Waals surface area contributed by atoms with Crippen molar-refractivity contribution in [3.63, 3.8) is 0 Å². The predicted molar refractivity (Wildman–Crippen MR) is 73.1 cm³/mol. The lowest BCUT2D eigenvalue weighted by molar-refractivity contribution is -0.120. The Morgan fingerprint density at radius 3 is 2.41 bits per heavy atom. The van der Waals surface area contributed by atoms with Crippen molar-refractivity contribution >= 4 is 5.91 Å². The second kappa shape index (κ2) is 7.67. The minimum Gasteiger partial charge on any atom is -0.353 e. The molecule has 102 valence electrons. The average molecular weight is 243 g/mol. The smallest absolute Gasteiger partial charge is 0.234 e. The van der Waals surface area contributed by atoms with Gasteiger partial charge in [-0.1, -0.05) is 13.3 Å². The summed E-state index contributed by atoms with van der Waals surface area (Å²) in [4.78, 5) is 13.7. The maximum atomic E-state index is 11.6.